The number of aliphatic hydroxyl groups excluding tert-OH is 1. The van der Waals surface area contributed by atoms with Crippen LogP contribution in [0.3, 0.4) is 0 Å². The molecule has 0 bridgehead atoms. The number of nitrogens with zero attached hydrogens (tertiary/aromatic N) is 1. The highest BCUT2D eigenvalue weighted by Crippen LogP contribution is 2.35. The number of carboxylic acid groups (broad SMARTS) is 2. The summed E-state index contributed by atoms with van der Waals surface area (Å²) < 4.78 is 69.4. The molecule has 12 nitrogen and oxygen atoms in total. The number of phenols is 2. The fourth-order valence-corrected chi connectivity index (χ4v) is 5.57. The Morgan fingerprint density at radius 2 is 1.43 bits per heavy atom. The normalized spacial score (nSPS) is 13.9. The van der Waals surface area contributed by atoms with Crippen LogP contribution in [0.4, 0.5) is 26.3 Å². The van der Waals surface area contributed by atoms with Crippen LogP contribution in [-0.2, 0) is 22.4 Å². The number of aliphatic carboxylic acids is 2. The zero-order chi connectivity index (χ0) is 41.8. The lowest BCUT2D eigenvalue weighted by molar-refractivity contribution is -0.193. The third-order valence-corrected chi connectivity index (χ3v) is 8.65. The van der Waals surface area contributed by atoms with Crippen molar-refractivity contribution in [1.82, 2.24) is 15.2 Å². The average Bonchev–Trinajstić information content (AvgIpc) is 3.09. The van der Waals surface area contributed by atoms with E-state index in [0.717, 1.165) is 43.7 Å². The third-order valence-electron chi connectivity index (χ3n) is 8.65. The van der Waals surface area contributed by atoms with Crippen molar-refractivity contribution in [3.63, 3.8) is 0 Å². The van der Waals surface area contributed by atoms with E-state index in [1.807, 2.05) is 24.3 Å². The lowest BCUT2D eigenvalue weighted by Gasteiger charge is -2.42. The van der Waals surface area contributed by atoms with Gasteiger partial charge in [0.05, 0.1) is 18.2 Å². The molecule has 4 aromatic rings. The van der Waals surface area contributed by atoms with E-state index in [1.54, 1.807) is 12.1 Å². The average molecular weight is 800 g/mol. The predicted molar refractivity (Wildman–Crippen MR) is 193 cm³/mol. The molecule has 0 aliphatic carbocycles. The van der Waals surface area contributed by atoms with E-state index >= 15 is 0 Å². The molecule has 1 saturated heterocycles. The van der Waals surface area contributed by atoms with Crippen LogP contribution in [-0.4, -0.2) is 98.5 Å². The fourth-order valence-electron chi connectivity index (χ4n) is 5.57. The zero-order valence-corrected chi connectivity index (χ0v) is 30.3. The summed E-state index contributed by atoms with van der Waals surface area (Å²) in [6.07, 6.45) is -8.35. The van der Waals surface area contributed by atoms with Crippen molar-refractivity contribution in [2.24, 2.45) is 0 Å². The Morgan fingerprint density at radius 3 is 2.00 bits per heavy atom. The molecule has 1 aliphatic heterocycles. The summed E-state index contributed by atoms with van der Waals surface area (Å²) in [5, 5.41) is 49.3. The van der Waals surface area contributed by atoms with Crippen LogP contribution < -0.4 is 15.6 Å². The maximum Gasteiger partial charge on any atom is 0.490 e. The van der Waals surface area contributed by atoms with Gasteiger partial charge in [0, 0.05) is 43.0 Å². The maximum atomic E-state index is 11.6. The van der Waals surface area contributed by atoms with Gasteiger partial charge in [0.25, 0.3) is 0 Å². The molecule has 0 unspecified atom stereocenters. The predicted octanol–water partition coefficient (Wildman–Crippen LogP) is 5.89. The molecule has 56 heavy (non-hydrogen) atoms. The van der Waals surface area contributed by atoms with Crippen LogP contribution in [0.1, 0.15) is 54.5 Å². The second-order valence-corrected chi connectivity index (χ2v) is 13.1. The molecule has 7 N–H and O–H groups in total. The number of carbonyl (C=O) groups is 2. The quantitative estimate of drug-likeness (QED) is 0.0630. The number of hydrogen-bond donors (Lipinski definition) is 7. The number of likely N-dealkylation sites (tertiary alicyclic amines) is 1. The third kappa shape index (κ3) is 13.8. The van der Waals surface area contributed by atoms with Gasteiger partial charge in [0.15, 0.2) is 0 Å². The number of halogens is 6. The minimum Gasteiger partial charge on any atom is -0.508 e. The van der Waals surface area contributed by atoms with Crippen molar-refractivity contribution in [2.75, 3.05) is 32.8 Å². The molecule has 18 heteroatoms. The number of pyridine rings is 1. The van der Waals surface area contributed by atoms with Gasteiger partial charge in [-0.2, -0.15) is 26.3 Å². The SMILES string of the molecule is CC(C)N1CC(c2cc(CCCOc3ccc(CCNC[C@H](O)c4ccc(O)c5[nH]c(=O)ccc45)cc3)ccc2O)C1.O=C(O)C(F)(F)F.O=C(O)C(F)(F)F. The standard InChI is InChI=1S/C34H41N3O5.2C2HF3O2/c1-22(2)37-20-25(21-37)29-18-24(7-12-30(29)38)4-3-17-42-26-8-5-23(6-9-26)15-16-35-19-32(40)27-10-13-31(39)34-28(27)11-14-33(41)36-34;2*3-2(4,5)1(6)7/h5-14,18,22,25,32,35,38-40H,3-4,15-17,19-21H2,1-2H3,(H,36,41);2*(H,6,7)/t32-;;/m0../s1. The molecule has 306 valence electrons. The van der Waals surface area contributed by atoms with E-state index in [1.165, 1.54) is 23.3 Å². The summed E-state index contributed by atoms with van der Waals surface area (Å²) in [6.45, 7) is 8.09. The second kappa shape index (κ2) is 20.0. The summed E-state index contributed by atoms with van der Waals surface area (Å²) in [6, 6.07) is 20.8. The number of nitrogens with one attached hydrogen (secondary N) is 2. The highest BCUT2D eigenvalue weighted by Gasteiger charge is 2.39. The molecule has 0 amide bonds. The van der Waals surface area contributed by atoms with Gasteiger partial charge in [0.2, 0.25) is 5.56 Å². The van der Waals surface area contributed by atoms with Crippen molar-refractivity contribution < 1.29 is 66.2 Å². The number of H-pyrrole nitrogens is 1. The molecule has 5 rings (SSSR count). The molecule has 0 radical (unpaired) electrons. The van der Waals surface area contributed by atoms with Gasteiger partial charge >= 0.3 is 24.3 Å². The van der Waals surface area contributed by atoms with Crippen LogP contribution in [0, 0.1) is 0 Å². The Kier molecular flexibility index (Phi) is 16.1. The van der Waals surface area contributed by atoms with Crippen molar-refractivity contribution in [2.45, 2.75) is 63.5 Å². The van der Waals surface area contributed by atoms with Crippen LogP contribution >= 0.6 is 0 Å². The molecule has 2 heterocycles. The number of aromatic nitrogens is 1. The first-order valence-electron chi connectivity index (χ1n) is 17.3. The first kappa shape index (κ1) is 45.1. The van der Waals surface area contributed by atoms with Crippen molar-refractivity contribution >= 4 is 22.8 Å². The Balaban J connectivity index is 0.000000512. The summed E-state index contributed by atoms with van der Waals surface area (Å²) in [5.41, 5.74) is 4.14. The number of aryl methyl sites for hydroxylation is 1. The topological polar surface area (TPSA) is 193 Å². The van der Waals surface area contributed by atoms with Crippen molar-refractivity contribution in [3.8, 4) is 17.2 Å². The fraction of sp³-hybridized carbons (Fsp3) is 0.395. The Hall–Kier alpha value is -5.33. The van der Waals surface area contributed by atoms with E-state index in [4.69, 9.17) is 24.5 Å². The number of alkyl halides is 6. The maximum absolute atomic E-state index is 11.6. The number of ether oxygens (including phenoxy) is 1. The number of rotatable bonds is 13. The molecular weight excluding hydrogens is 756 g/mol. The smallest absolute Gasteiger partial charge is 0.490 e. The number of carboxylic acids is 2. The molecule has 0 spiro atoms. The molecule has 1 atom stereocenters. The molecule has 1 aromatic heterocycles. The van der Waals surface area contributed by atoms with Crippen molar-refractivity contribution in [1.29, 1.82) is 0 Å². The minimum absolute atomic E-state index is 0.0207. The first-order valence-corrected chi connectivity index (χ1v) is 17.3. The Bertz CT molecular complexity index is 1940. The van der Waals surface area contributed by atoms with E-state index in [2.05, 4.69) is 47.2 Å². The Labute approximate surface area is 317 Å². The second-order valence-electron chi connectivity index (χ2n) is 13.1. The molecule has 1 fully saturated rings. The highest BCUT2D eigenvalue weighted by molar-refractivity contribution is 5.87. The summed E-state index contributed by atoms with van der Waals surface area (Å²) in [4.78, 5) is 34.5. The van der Waals surface area contributed by atoms with Crippen LogP contribution in [0.2, 0.25) is 0 Å². The number of fused-ring (bicyclic) bond motifs is 1. The van der Waals surface area contributed by atoms with Gasteiger partial charge in [-0.1, -0.05) is 30.3 Å². The number of phenolic OH excluding ortho intramolecular Hbond substituents is 2. The van der Waals surface area contributed by atoms with Crippen LogP contribution in [0.15, 0.2) is 71.5 Å². The zero-order valence-electron chi connectivity index (χ0n) is 30.3. The van der Waals surface area contributed by atoms with Crippen LogP contribution in [0.25, 0.3) is 10.9 Å². The lowest BCUT2D eigenvalue weighted by Crippen LogP contribution is -2.48. The van der Waals surface area contributed by atoms with E-state index < -0.39 is 30.4 Å². The molecule has 0 saturated carbocycles. The summed E-state index contributed by atoms with van der Waals surface area (Å²) in [5.74, 6) is -3.88. The monoisotopic (exact) mass is 799 g/mol. The first-order chi connectivity index (χ1) is 26.2. The summed E-state index contributed by atoms with van der Waals surface area (Å²) in [7, 11) is 0. The van der Waals surface area contributed by atoms with E-state index in [-0.39, 0.29) is 11.3 Å². The molecule has 3 aromatic carbocycles. The van der Waals surface area contributed by atoms with Crippen LogP contribution in [0.5, 0.6) is 17.2 Å². The van der Waals surface area contributed by atoms with Crippen molar-refractivity contribution in [3.05, 3.63) is 99.3 Å². The van der Waals surface area contributed by atoms with E-state index in [0.29, 0.717) is 53.9 Å². The number of aromatic amines is 1. The number of aliphatic hydroxyl groups is 1. The summed E-state index contributed by atoms with van der Waals surface area (Å²) >= 11 is 0. The highest BCUT2D eigenvalue weighted by atomic mass is 19.4. The lowest BCUT2D eigenvalue weighted by atomic mass is 9.88. The van der Waals surface area contributed by atoms with Gasteiger partial charge in [0.1, 0.15) is 17.2 Å². The number of hydrogen-bond acceptors (Lipinski definition) is 9. The number of aromatic hydroxyl groups is 2. The van der Waals surface area contributed by atoms with E-state index in [9.17, 15) is 46.5 Å². The number of benzene rings is 3. The van der Waals surface area contributed by atoms with Gasteiger partial charge in [-0.15, -0.1) is 0 Å². The largest absolute Gasteiger partial charge is 0.508 e. The van der Waals surface area contributed by atoms with Gasteiger partial charge in [-0.3, -0.25) is 9.69 Å². The minimum atomic E-state index is -5.08. The van der Waals surface area contributed by atoms with Gasteiger partial charge < -0.3 is 40.6 Å². The van der Waals surface area contributed by atoms with Gasteiger partial charge in [-0.25, -0.2) is 9.59 Å². The molecule has 1 aliphatic rings. The Morgan fingerprint density at radius 1 is 0.857 bits per heavy atom. The molecular formula is C38H43F6N3O9. The van der Waals surface area contributed by atoms with Gasteiger partial charge in [-0.05, 0) is 92.2 Å².